The van der Waals surface area contributed by atoms with Crippen LogP contribution in [0.1, 0.15) is 0 Å². The van der Waals surface area contributed by atoms with Crippen molar-refractivity contribution in [3.05, 3.63) is 44.2 Å². The molecule has 2 nitrogen and oxygen atoms in total. The lowest BCUT2D eigenvalue weighted by Crippen LogP contribution is -2.05. The average Bonchev–Trinajstić information content (AvgIpc) is 2.12. The molecule has 0 bridgehead atoms. The number of halogens is 2. The van der Waals surface area contributed by atoms with E-state index in [2.05, 4.69) is 20.9 Å². The molecule has 0 radical (unpaired) electrons. The van der Waals surface area contributed by atoms with E-state index in [9.17, 15) is 4.79 Å². The Morgan fingerprint density at radius 2 is 2.15 bits per heavy atom. The maximum absolute atomic E-state index is 11.4. The molecule has 0 saturated heterocycles. The van der Waals surface area contributed by atoms with E-state index in [1.54, 1.807) is 12.3 Å². The van der Waals surface area contributed by atoms with Crippen molar-refractivity contribution >= 4 is 38.3 Å². The number of nitrogens with one attached hydrogen (secondary N) is 1. The van der Waals surface area contributed by atoms with Crippen LogP contribution in [0.4, 0.5) is 0 Å². The molecule has 66 valence electrons. The van der Waals surface area contributed by atoms with Crippen LogP contribution in [0.5, 0.6) is 0 Å². The molecule has 2 rings (SSSR count). The highest BCUT2D eigenvalue weighted by atomic mass is 79.9. The van der Waals surface area contributed by atoms with Gasteiger partial charge in [-0.15, -0.1) is 0 Å². The van der Waals surface area contributed by atoms with Gasteiger partial charge in [-0.2, -0.15) is 0 Å². The fourth-order valence-electron chi connectivity index (χ4n) is 1.23. The monoisotopic (exact) mass is 257 g/mol. The van der Waals surface area contributed by atoms with Gasteiger partial charge in [0.25, 0.3) is 5.56 Å². The molecule has 0 spiro atoms. The number of fused-ring (bicyclic) bond motifs is 1. The predicted molar refractivity (Wildman–Crippen MR) is 57.3 cm³/mol. The Bertz CT molecular complexity index is 520. The van der Waals surface area contributed by atoms with E-state index in [1.165, 1.54) is 0 Å². The number of aromatic amines is 1. The minimum atomic E-state index is -0.163. The number of benzene rings is 1. The lowest BCUT2D eigenvalue weighted by molar-refractivity contribution is 1.26. The number of H-pyrrole nitrogens is 1. The van der Waals surface area contributed by atoms with Gasteiger partial charge in [-0.1, -0.05) is 23.7 Å². The number of aromatic nitrogens is 1. The van der Waals surface area contributed by atoms with Gasteiger partial charge in [0.05, 0.1) is 10.4 Å². The highest BCUT2D eigenvalue weighted by Crippen LogP contribution is 2.25. The molecule has 0 saturated carbocycles. The summed E-state index contributed by atoms with van der Waals surface area (Å²) in [6, 6.07) is 5.36. The summed E-state index contributed by atoms with van der Waals surface area (Å²) in [7, 11) is 0. The summed E-state index contributed by atoms with van der Waals surface area (Å²) in [4.78, 5) is 14.0. The third kappa shape index (κ3) is 1.38. The van der Waals surface area contributed by atoms with Gasteiger partial charge in [0.1, 0.15) is 0 Å². The lowest BCUT2D eigenvalue weighted by Gasteiger charge is -2.00. The van der Waals surface area contributed by atoms with Crippen molar-refractivity contribution in [1.82, 2.24) is 4.98 Å². The highest BCUT2D eigenvalue weighted by Gasteiger charge is 2.05. The number of rotatable bonds is 0. The van der Waals surface area contributed by atoms with Gasteiger partial charge in [0, 0.05) is 16.1 Å². The first kappa shape index (κ1) is 8.78. The van der Waals surface area contributed by atoms with E-state index in [1.807, 2.05) is 12.1 Å². The molecule has 0 aliphatic heterocycles. The molecule has 1 heterocycles. The molecule has 1 aromatic heterocycles. The van der Waals surface area contributed by atoms with Crippen LogP contribution in [-0.2, 0) is 0 Å². The summed E-state index contributed by atoms with van der Waals surface area (Å²) in [6.45, 7) is 0. The SMILES string of the molecule is O=c1[nH]cc(Br)c2cccc(Cl)c12. The molecule has 0 atom stereocenters. The lowest BCUT2D eigenvalue weighted by atomic mass is 10.2. The molecule has 13 heavy (non-hydrogen) atoms. The first-order valence-corrected chi connectivity index (χ1v) is 4.82. The maximum atomic E-state index is 11.4. The normalized spacial score (nSPS) is 10.6. The topological polar surface area (TPSA) is 32.9 Å². The maximum Gasteiger partial charge on any atom is 0.257 e. The quantitative estimate of drug-likeness (QED) is 0.774. The first-order chi connectivity index (χ1) is 6.20. The molecule has 0 unspecified atom stereocenters. The number of pyridine rings is 1. The van der Waals surface area contributed by atoms with Crippen molar-refractivity contribution in [2.45, 2.75) is 0 Å². The molecule has 1 aromatic carbocycles. The van der Waals surface area contributed by atoms with Gasteiger partial charge >= 0.3 is 0 Å². The summed E-state index contributed by atoms with van der Waals surface area (Å²) < 4.78 is 0.838. The van der Waals surface area contributed by atoms with Crippen LogP contribution in [0.3, 0.4) is 0 Å². The van der Waals surface area contributed by atoms with Crippen LogP contribution >= 0.6 is 27.5 Å². The molecule has 4 heteroatoms. The van der Waals surface area contributed by atoms with Crippen LogP contribution < -0.4 is 5.56 Å². The van der Waals surface area contributed by atoms with Crippen molar-refractivity contribution in [1.29, 1.82) is 0 Å². The van der Waals surface area contributed by atoms with Crippen molar-refractivity contribution in [3.63, 3.8) is 0 Å². The van der Waals surface area contributed by atoms with Crippen LogP contribution in [0, 0.1) is 0 Å². The zero-order valence-electron chi connectivity index (χ0n) is 6.47. The Kier molecular flexibility index (Phi) is 2.14. The van der Waals surface area contributed by atoms with Crippen molar-refractivity contribution in [3.8, 4) is 0 Å². The van der Waals surface area contributed by atoms with Gasteiger partial charge in [-0.3, -0.25) is 4.79 Å². The molecular weight excluding hydrogens is 253 g/mol. The Morgan fingerprint density at radius 1 is 1.38 bits per heavy atom. The van der Waals surface area contributed by atoms with Crippen LogP contribution in [-0.4, -0.2) is 4.98 Å². The Morgan fingerprint density at radius 3 is 2.85 bits per heavy atom. The Hall–Kier alpha value is -0.800. The summed E-state index contributed by atoms with van der Waals surface area (Å²) >= 11 is 9.23. The second kappa shape index (κ2) is 3.16. The average molecular weight is 259 g/mol. The largest absolute Gasteiger partial charge is 0.327 e. The van der Waals surface area contributed by atoms with Gasteiger partial charge in [0.2, 0.25) is 0 Å². The Balaban J connectivity index is 3.09. The molecule has 0 aliphatic carbocycles. The summed E-state index contributed by atoms with van der Waals surface area (Å²) in [5.41, 5.74) is -0.163. The molecule has 0 fully saturated rings. The zero-order valence-corrected chi connectivity index (χ0v) is 8.82. The van der Waals surface area contributed by atoms with Crippen molar-refractivity contribution in [2.24, 2.45) is 0 Å². The molecule has 0 aliphatic rings. The van der Waals surface area contributed by atoms with E-state index in [0.29, 0.717) is 10.4 Å². The minimum Gasteiger partial charge on any atom is -0.327 e. The number of hydrogen-bond donors (Lipinski definition) is 1. The van der Waals surface area contributed by atoms with Gasteiger partial charge in [0.15, 0.2) is 0 Å². The second-order valence-corrected chi connectivity index (χ2v) is 3.89. The summed E-state index contributed by atoms with van der Waals surface area (Å²) in [5, 5.41) is 1.83. The minimum absolute atomic E-state index is 0.163. The second-order valence-electron chi connectivity index (χ2n) is 2.63. The van der Waals surface area contributed by atoms with Crippen LogP contribution in [0.15, 0.2) is 33.7 Å². The first-order valence-electron chi connectivity index (χ1n) is 3.65. The van der Waals surface area contributed by atoms with E-state index < -0.39 is 0 Å². The number of hydrogen-bond acceptors (Lipinski definition) is 1. The zero-order chi connectivity index (χ0) is 9.42. The summed E-state index contributed by atoms with van der Waals surface area (Å²) in [5.74, 6) is 0. The van der Waals surface area contributed by atoms with E-state index in [0.717, 1.165) is 9.86 Å². The van der Waals surface area contributed by atoms with Gasteiger partial charge < -0.3 is 4.98 Å². The van der Waals surface area contributed by atoms with Crippen LogP contribution in [0.2, 0.25) is 5.02 Å². The van der Waals surface area contributed by atoms with Gasteiger partial charge in [-0.05, 0) is 22.0 Å². The molecule has 1 N–H and O–H groups in total. The smallest absolute Gasteiger partial charge is 0.257 e. The van der Waals surface area contributed by atoms with E-state index in [4.69, 9.17) is 11.6 Å². The fourth-order valence-corrected chi connectivity index (χ4v) is 1.94. The van der Waals surface area contributed by atoms with E-state index in [-0.39, 0.29) is 5.56 Å². The molecular formula is C9H5BrClNO. The molecule has 0 amide bonds. The van der Waals surface area contributed by atoms with Crippen LogP contribution in [0.25, 0.3) is 10.8 Å². The Labute approximate surface area is 87.7 Å². The van der Waals surface area contributed by atoms with Gasteiger partial charge in [-0.25, -0.2) is 0 Å². The highest BCUT2D eigenvalue weighted by molar-refractivity contribution is 9.10. The predicted octanol–water partition coefficient (Wildman–Crippen LogP) is 2.94. The third-order valence-corrected chi connectivity index (χ3v) is 2.80. The van der Waals surface area contributed by atoms with E-state index >= 15 is 0 Å². The molecule has 2 aromatic rings. The standard InChI is InChI=1S/C9H5BrClNO/c10-6-4-12-9(13)8-5(6)2-1-3-7(8)11/h1-4H,(H,12,13). The fraction of sp³-hybridized carbons (Fsp3) is 0. The van der Waals surface area contributed by atoms with Crippen molar-refractivity contribution in [2.75, 3.05) is 0 Å². The van der Waals surface area contributed by atoms with Crippen molar-refractivity contribution < 1.29 is 0 Å². The third-order valence-electron chi connectivity index (χ3n) is 1.83. The summed E-state index contributed by atoms with van der Waals surface area (Å²) in [6.07, 6.45) is 1.61.